The average Bonchev–Trinajstić information content (AvgIpc) is 3.23. The molecule has 2 aromatic heterocycles. The number of rotatable bonds is 5. The van der Waals surface area contributed by atoms with Crippen LogP contribution in [0, 0.1) is 0 Å². The fraction of sp³-hybridized carbons (Fsp3) is 0.500. The van der Waals surface area contributed by atoms with Gasteiger partial charge in [-0.1, -0.05) is 24.6 Å². The average molecular weight is 462 g/mol. The summed E-state index contributed by atoms with van der Waals surface area (Å²) < 4.78 is 7.38. The van der Waals surface area contributed by atoms with E-state index >= 15 is 0 Å². The maximum atomic E-state index is 12.1. The van der Waals surface area contributed by atoms with Gasteiger partial charge in [-0.3, -0.25) is 4.90 Å². The molecule has 3 fully saturated rings. The van der Waals surface area contributed by atoms with Gasteiger partial charge in [-0.2, -0.15) is 5.10 Å². The highest BCUT2D eigenvalue weighted by Gasteiger charge is 2.32. The van der Waals surface area contributed by atoms with Gasteiger partial charge < -0.3 is 14.7 Å². The zero-order chi connectivity index (χ0) is 23.1. The van der Waals surface area contributed by atoms with E-state index in [4.69, 9.17) is 9.84 Å². The van der Waals surface area contributed by atoms with E-state index in [1.807, 2.05) is 35.0 Å². The number of benzene rings is 1. The zero-order valence-electron chi connectivity index (χ0n) is 19.4. The van der Waals surface area contributed by atoms with Gasteiger partial charge in [-0.05, 0) is 43.9 Å². The molecule has 1 saturated carbocycles. The first-order chi connectivity index (χ1) is 16.7. The van der Waals surface area contributed by atoms with Crippen molar-refractivity contribution in [2.45, 2.75) is 44.1 Å². The summed E-state index contributed by atoms with van der Waals surface area (Å²) >= 11 is 0. The van der Waals surface area contributed by atoms with Crippen molar-refractivity contribution < 1.29 is 14.6 Å². The third-order valence-electron chi connectivity index (χ3n) is 7.72. The SMILES string of the molecule is O=C(O)c1cc(N2CCC(N3CCOCC3)CC2)c2c(C3CCC3)nn(-c3ccccc3)c2n1. The van der Waals surface area contributed by atoms with Crippen LogP contribution in [0.2, 0.25) is 0 Å². The number of hydrogen-bond acceptors (Lipinski definition) is 6. The van der Waals surface area contributed by atoms with Gasteiger partial charge in [0.25, 0.3) is 0 Å². The van der Waals surface area contributed by atoms with Crippen molar-refractivity contribution in [3.05, 3.63) is 47.8 Å². The van der Waals surface area contributed by atoms with Crippen molar-refractivity contribution in [2.75, 3.05) is 44.3 Å². The molecule has 2 saturated heterocycles. The normalized spacial score (nSPS) is 20.5. The Morgan fingerprint density at radius 2 is 1.74 bits per heavy atom. The van der Waals surface area contributed by atoms with Gasteiger partial charge in [0.2, 0.25) is 0 Å². The number of aromatic nitrogens is 3. The first kappa shape index (κ1) is 21.6. The van der Waals surface area contributed by atoms with Gasteiger partial charge in [-0.25, -0.2) is 14.5 Å². The first-order valence-electron chi connectivity index (χ1n) is 12.5. The molecule has 8 nitrogen and oxygen atoms in total. The molecule has 2 aliphatic heterocycles. The molecule has 1 N–H and O–H groups in total. The van der Waals surface area contributed by atoms with Crippen molar-refractivity contribution in [1.82, 2.24) is 19.7 Å². The second-order valence-corrected chi connectivity index (χ2v) is 9.66. The fourth-order valence-electron chi connectivity index (χ4n) is 5.61. The maximum Gasteiger partial charge on any atom is 0.354 e. The lowest BCUT2D eigenvalue weighted by atomic mass is 9.82. The molecular formula is C26H31N5O3. The number of anilines is 1. The van der Waals surface area contributed by atoms with Crippen LogP contribution in [0.5, 0.6) is 0 Å². The van der Waals surface area contributed by atoms with E-state index in [9.17, 15) is 9.90 Å². The predicted octanol–water partition coefficient (Wildman–Crippen LogP) is 3.69. The molecule has 8 heteroatoms. The summed E-state index contributed by atoms with van der Waals surface area (Å²) in [6.07, 6.45) is 5.60. The lowest BCUT2D eigenvalue weighted by Crippen LogP contribution is -2.49. The molecule has 3 aliphatic rings. The smallest absolute Gasteiger partial charge is 0.354 e. The van der Waals surface area contributed by atoms with Gasteiger partial charge >= 0.3 is 5.97 Å². The van der Waals surface area contributed by atoms with Gasteiger partial charge in [0.15, 0.2) is 11.3 Å². The van der Waals surface area contributed by atoms with E-state index in [1.165, 1.54) is 6.42 Å². The molecule has 1 aliphatic carbocycles. The van der Waals surface area contributed by atoms with E-state index in [1.54, 1.807) is 6.07 Å². The third-order valence-corrected chi connectivity index (χ3v) is 7.72. The summed E-state index contributed by atoms with van der Waals surface area (Å²) in [6.45, 7) is 5.45. The molecule has 0 radical (unpaired) electrons. The molecule has 178 valence electrons. The molecule has 34 heavy (non-hydrogen) atoms. The Morgan fingerprint density at radius 3 is 2.38 bits per heavy atom. The summed E-state index contributed by atoms with van der Waals surface area (Å²) in [5.41, 5.74) is 3.69. The van der Waals surface area contributed by atoms with Gasteiger partial charge in [-0.15, -0.1) is 0 Å². The van der Waals surface area contributed by atoms with Gasteiger partial charge in [0.1, 0.15) is 0 Å². The second kappa shape index (κ2) is 9.00. The number of pyridine rings is 1. The van der Waals surface area contributed by atoms with Gasteiger partial charge in [0.05, 0.1) is 35.7 Å². The Morgan fingerprint density at radius 1 is 1.00 bits per heavy atom. The zero-order valence-corrected chi connectivity index (χ0v) is 19.4. The number of para-hydroxylation sites is 1. The van der Waals surface area contributed by atoms with Crippen LogP contribution in [0.4, 0.5) is 5.69 Å². The minimum absolute atomic E-state index is 0.0787. The van der Waals surface area contributed by atoms with Crippen molar-refractivity contribution in [2.24, 2.45) is 0 Å². The van der Waals surface area contributed by atoms with Crippen molar-refractivity contribution in [1.29, 1.82) is 0 Å². The quantitative estimate of drug-likeness (QED) is 0.620. The number of ether oxygens (including phenoxy) is 1. The molecule has 4 heterocycles. The number of aromatic carboxylic acids is 1. The number of nitrogens with zero attached hydrogens (tertiary/aromatic N) is 5. The summed E-state index contributed by atoms with van der Waals surface area (Å²) in [6, 6.07) is 12.3. The maximum absolute atomic E-state index is 12.1. The number of carbonyl (C=O) groups is 1. The standard InChI is InChI=1S/C26H31N5O3/c32-26(33)21-17-22(30-11-9-19(10-12-30)29-13-15-34-16-14-29)23-24(18-5-4-6-18)28-31(25(23)27-21)20-7-2-1-3-8-20/h1-3,7-8,17-19H,4-6,9-16H2,(H,32,33). The van der Waals surface area contributed by atoms with E-state index in [0.29, 0.717) is 17.6 Å². The minimum atomic E-state index is -1.00. The topological polar surface area (TPSA) is 83.7 Å². The Labute approximate surface area is 199 Å². The lowest BCUT2D eigenvalue weighted by molar-refractivity contribution is 0.0115. The number of morpholine rings is 1. The van der Waals surface area contributed by atoms with Crippen LogP contribution in [-0.4, -0.2) is 76.2 Å². The van der Waals surface area contributed by atoms with E-state index in [-0.39, 0.29) is 5.69 Å². The third kappa shape index (κ3) is 3.84. The Kier molecular flexibility index (Phi) is 5.71. The molecule has 0 atom stereocenters. The number of piperidine rings is 1. The summed E-state index contributed by atoms with van der Waals surface area (Å²) in [5.74, 6) is -0.591. The van der Waals surface area contributed by atoms with Crippen molar-refractivity contribution in [3.8, 4) is 5.69 Å². The number of fused-ring (bicyclic) bond motifs is 1. The Bertz CT molecular complexity index is 1180. The highest BCUT2D eigenvalue weighted by atomic mass is 16.5. The first-order valence-corrected chi connectivity index (χ1v) is 12.5. The number of carboxylic acid groups (broad SMARTS) is 1. The van der Waals surface area contributed by atoms with Crippen molar-refractivity contribution >= 4 is 22.7 Å². The van der Waals surface area contributed by atoms with Crippen LogP contribution in [0.1, 0.15) is 54.2 Å². The van der Waals surface area contributed by atoms with E-state index in [2.05, 4.69) is 14.8 Å². The van der Waals surface area contributed by atoms with Crippen LogP contribution < -0.4 is 4.90 Å². The van der Waals surface area contributed by atoms with Gasteiger partial charge in [0, 0.05) is 38.1 Å². The fourth-order valence-corrected chi connectivity index (χ4v) is 5.61. The monoisotopic (exact) mass is 461 g/mol. The van der Waals surface area contributed by atoms with Crippen LogP contribution in [0.3, 0.4) is 0 Å². The Balaban J connectivity index is 1.42. The molecule has 6 rings (SSSR count). The highest BCUT2D eigenvalue weighted by molar-refractivity contribution is 5.98. The predicted molar refractivity (Wildman–Crippen MR) is 130 cm³/mol. The largest absolute Gasteiger partial charge is 0.477 e. The molecule has 0 spiro atoms. The Hall–Kier alpha value is -2.97. The highest BCUT2D eigenvalue weighted by Crippen LogP contribution is 2.43. The molecule has 1 aromatic carbocycles. The summed E-state index contributed by atoms with van der Waals surface area (Å²) in [4.78, 5) is 21.6. The van der Waals surface area contributed by atoms with Crippen molar-refractivity contribution in [3.63, 3.8) is 0 Å². The minimum Gasteiger partial charge on any atom is -0.477 e. The van der Waals surface area contributed by atoms with E-state index < -0.39 is 5.97 Å². The summed E-state index contributed by atoms with van der Waals surface area (Å²) in [7, 11) is 0. The molecule has 0 bridgehead atoms. The lowest BCUT2D eigenvalue weighted by Gasteiger charge is -2.41. The molecule has 0 amide bonds. The number of hydrogen-bond donors (Lipinski definition) is 1. The second-order valence-electron chi connectivity index (χ2n) is 9.66. The summed E-state index contributed by atoms with van der Waals surface area (Å²) in [5, 5.41) is 16.0. The van der Waals surface area contributed by atoms with Crippen LogP contribution in [0.25, 0.3) is 16.7 Å². The molecule has 3 aromatic rings. The number of carboxylic acids is 1. The van der Waals surface area contributed by atoms with Crippen LogP contribution in [0.15, 0.2) is 36.4 Å². The van der Waals surface area contributed by atoms with Crippen LogP contribution >= 0.6 is 0 Å². The van der Waals surface area contributed by atoms with E-state index in [0.717, 1.165) is 87.5 Å². The molecular weight excluding hydrogens is 430 g/mol. The van der Waals surface area contributed by atoms with Crippen LogP contribution in [-0.2, 0) is 4.74 Å². The molecule has 0 unspecified atom stereocenters.